The lowest BCUT2D eigenvalue weighted by Gasteiger charge is -2.24. The summed E-state index contributed by atoms with van der Waals surface area (Å²) in [5.41, 5.74) is 6.93. The fourth-order valence-electron chi connectivity index (χ4n) is 6.47. The van der Waals surface area contributed by atoms with E-state index in [1.165, 1.54) is 6.08 Å². The van der Waals surface area contributed by atoms with Crippen LogP contribution in [-0.4, -0.2) is 25.5 Å². The van der Waals surface area contributed by atoms with Crippen LogP contribution in [0.1, 0.15) is 46.8 Å². The number of hydrogen-bond acceptors (Lipinski definition) is 3. The van der Waals surface area contributed by atoms with Crippen molar-refractivity contribution in [3.8, 4) is 23.0 Å². The van der Waals surface area contributed by atoms with Gasteiger partial charge < -0.3 is 4.74 Å². The van der Waals surface area contributed by atoms with Crippen LogP contribution in [0.5, 0.6) is 11.5 Å². The first kappa shape index (κ1) is 27.1. The third kappa shape index (κ3) is 4.69. The minimum Gasteiger partial charge on any atom is -0.457 e. The van der Waals surface area contributed by atoms with Crippen LogP contribution in [0.15, 0.2) is 90.9 Å². The Kier molecular flexibility index (Phi) is 6.61. The zero-order valence-corrected chi connectivity index (χ0v) is 24.6. The summed E-state index contributed by atoms with van der Waals surface area (Å²) in [5, 5.41) is 6.98. The molecule has 6 aromatic rings. The minimum atomic E-state index is -1.27. The zero-order chi connectivity index (χ0) is 29.8. The maximum Gasteiger partial charge on any atom is 0.137 e. The van der Waals surface area contributed by atoms with Crippen LogP contribution in [0.2, 0.25) is 0 Å². The van der Waals surface area contributed by atoms with Crippen molar-refractivity contribution in [1.29, 1.82) is 0 Å². The van der Waals surface area contributed by atoms with Gasteiger partial charge in [-0.1, -0.05) is 24.3 Å². The predicted molar refractivity (Wildman–Crippen MR) is 167 cm³/mol. The summed E-state index contributed by atoms with van der Waals surface area (Å²) in [5.74, 6) is 0.855. The Hall–Kier alpha value is -4.78. The second-order valence-corrected chi connectivity index (χ2v) is 11.5. The lowest BCUT2D eigenvalue weighted by molar-refractivity contribution is 0.251. The molecule has 5 nitrogen and oxygen atoms in total. The highest BCUT2D eigenvalue weighted by molar-refractivity contribution is 6.09. The topological polar surface area (TPSA) is 44.9 Å². The van der Waals surface area contributed by atoms with Gasteiger partial charge in [0.2, 0.25) is 0 Å². The molecule has 0 aliphatic heterocycles. The van der Waals surface area contributed by atoms with E-state index in [0.29, 0.717) is 35.6 Å². The zero-order valence-electron chi connectivity index (χ0n) is 24.6. The summed E-state index contributed by atoms with van der Waals surface area (Å²) in [4.78, 5) is 4.68. The monoisotopic (exact) mass is 574 g/mol. The Bertz CT molecular complexity index is 2050. The fourth-order valence-corrected chi connectivity index (χ4v) is 6.47. The van der Waals surface area contributed by atoms with Gasteiger partial charge in [-0.05, 0) is 94.1 Å². The van der Waals surface area contributed by atoms with Crippen molar-refractivity contribution in [2.24, 2.45) is 0 Å². The Morgan fingerprint density at radius 3 is 2.47 bits per heavy atom. The number of aryl methyl sites for hydroxylation is 3. The Labute approximate surface area is 249 Å². The molecule has 3 aromatic heterocycles. The molecule has 7 heteroatoms. The molecule has 0 unspecified atom stereocenters. The molecule has 3 heterocycles. The fraction of sp³-hybridized carbons (Fsp3) is 0.222. The van der Waals surface area contributed by atoms with Crippen molar-refractivity contribution in [1.82, 2.24) is 19.3 Å². The van der Waals surface area contributed by atoms with Gasteiger partial charge in [-0.3, -0.25) is 4.57 Å². The molecule has 0 spiro atoms. The van der Waals surface area contributed by atoms with E-state index in [1.807, 2.05) is 75.5 Å². The number of ether oxygens (including phenoxy) is 1. The molecule has 0 radical (unpaired) electrons. The number of fused-ring (bicyclic) bond motifs is 3. The van der Waals surface area contributed by atoms with Gasteiger partial charge >= 0.3 is 0 Å². The summed E-state index contributed by atoms with van der Waals surface area (Å²) < 4.78 is 40.1. The number of para-hydroxylation sites is 1. The molecule has 43 heavy (non-hydrogen) atoms. The molecule has 0 amide bonds. The van der Waals surface area contributed by atoms with Gasteiger partial charge in [-0.15, -0.1) is 0 Å². The molecule has 0 bridgehead atoms. The van der Waals surface area contributed by atoms with Crippen LogP contribution in [0.3, 0.4) is 0 Å². The van der Waals surface area contributed by atoms with Crippen LogP contribution in [-0.2, 0) is 0 Å². The Morgan fingerprint density at radius 2 is 1.65 bits per heavy atom. The van der Waals surface area contributed by atoms with E-state index in [4.69, 9.17) is 9.84 Å². The second-order valence-electron chi connectivity index (χ2n) is 11.5. The van der Waals surface area contributed by atoms with Crippen molar-refractivity contribution in [2.45, 2.75) is 52.6 Å². The molecule has 0 saturated carbocycles. The van der Waals surface area contributed by atoms with Crippen molar-refractivity contribution >= 4 is 21.8 Å². The van der Waals surface area contributed by atoms with Crippen LogP contribution in [0, 0.1) is 27.7 Å². The molecule has 7 rings (SSSR count). The third-order valence-corrected chi connectivity index (χ3v) is 8.39. The number of rotatable bonds is 5. The van der Waals surface area contributed by atoms with Gasteiger partial charge in [0.25, 0.3) is 0 Å². The smallest absolute Gasteiger partial charge is 0.137 e. The van der Waals surface area contributed by atoms with E-state index in [1.54, 1.807) is 4.68 Å². The molecule has 0 N–H and O–H groups in total. The quantitative estimate of drug-likeness (QED) is 0.206. The van der Waals surface area contributed by atoms with E-state index in [9.17, 15) is 8.78 Å². The summed E-state index contributed by atoms with van der Waals surface area (Å²) in [6.07, 6.45) is 2.80. The first-order chi connectivity index (χ1) is 20.8. The number of aromatic nitrogens is 4. The van der Waals surface area contributed by atoms with Crippen LogP contribution in [0.4, 0.5) is 8.78 Å². The van der Waals surface area contributed by atoms with Gasteiger partial charge in [0, 0.05) is 40.4 Å². The summed E-state index contributed by atoms with van der Waals surface area (Å²) in [6.45, 7) is 7.75. The molecule has 216 valence electrons. The number of alkyl halides is 1. The van der Waals surface area contributed by atoms with Gasteiger partial charge in [-0.2, -0.15) is 5.10 Å². The molecule has 2 atom stereocenters. The van der Waals surface area contributed by atoms with Crippen molar-refractivity contribution in [3.05, 3.63) is 119 Å². The SMILES string of the molecule is Cc1cc(Oc2ccc3c4ccccc4n(-c4cc(C)ccn4)c3c2)cc(-n2nc(C)c([C@@H]3C(F)=CCC[C@@H]3F)c2C)c1. The molecular formula is C36H32F2N4O. The number of benzene rings is 3. The van der Waals surface area contributed by atoms with Crippen molar-refractivity contribution < 1.29 is 13.5 Å². The van der Waals surface area contributed by atoms with E-state index < -0.39 is 17.9 Å². The van der Waals surface area contributed by atoms with Gasteiger partial charge in [-0.25, -0.2) is 18.4 Å². The molecule has 0 fully saturated rings. The number of hydrogen-bond donors (Lipinski definition) is 0. The molecule has 3 aromatic carbocycles. The van der Waals surface area contributed by atoms with Crippen LogP contribution >= 0.6 is 0 Å². The van der Waals surface area contributed by atoms with Gasteiger partial charge in [0.15, 0.2) is 0 Å². The summed E-state index contributed by atoms with van der Waals surface area (Å²) >= 11 is 0. The van der Waals surface area contributed by atoms with Crippen LogP contribution in [0.25, 0.3) is 33.3 Å². The average molecular weight is 575 g/mol. The first-order valence-corrected chi connectivity index (χ1v) is 14.6. The third-order valence-electron chi connectivity index (χ3n) is 8.39. The van der Waals surface area contributed by atoms with E-state index in [0.717, 1.165) is 50.1 Å². The molecule has 0 saturated heterocycles. The molecule has 1 aliphatic rings. The average Bonchev–Trinajstić information content (AvgIpc) is 3.46. The Balaban J connectivity index is 1.29. The summed E-state index contributed by atoms with van der Waals surface area (Å²) in [6, 6.07) is 24.4. The normalized spacial score (nSPS) is 17.0. The largest absolute Gasteiger partial charge is 0.457 e. The number of pyridine rings is 1. The maximum atomic E-state index is 14.9. The van der Waals surface area contributed by atoms with Gasteiger partial charge in [0.05, 0.1) is 28.3 Å². The highest BCUT2D eigenvalue weighted by Gasteiger charge is 2.34. The molecular weight excluding hydrogens is 542 g/mol. The van der Waals surface area contributed by atoms with E-state index in [-0.39, 0.29) is 0 Å². The minimum absolute atomic E-state index is 0.313. The molecule has 1 aliphatic carbocycles. The highest BCUT2D eigenvalue weighted by atomic mass is 19.1. The summed E-state index contributed by atoms with van der Waals surface area (Å²) in [7, 11) is 0. The van der Waals surface area contributed by atoms with E-state index >= 15 is 0 Å². The van der Waals surface area contributed by atoms with Gasteiger partial charge in [0.1, 0.15) is 29.3 Å². The first-order valence-electron chi connectivity index (χ1n) is 14.6. The van der Waals surface area contributed by atoms with Crippen LogP contribution < -0.4 is 4.74 Å². The lowest BCUT2D eigenvalue weighted by atomic mass is 9.85. The number of allylic oxidation sites excluding steroid dienone is 2. The second kappa shape index (κ2) is 10.5. The maximum absolute atomic E-state index is 14.9. The van der Waals surface area contributed by atoms with E-state index in [2.05, 4.69) is 40.7 Å². The number of nitrogens with zero attached hydrogens (tertiary/aromatic N) is 4. The Morgan fingerprint density at radius 1 is 0.837 bits per heavy atom. The number of halogens is 2. The lowest BCUT2D eigenvalue weighted by Crippen LogP contribution is -2.19. The predicted octanol–water partition coefficient (Wildman–Crippen LogP) is 9.46. The highest BCUT2D eigenvalue weighted by Crippen LogP contribution is 2.41. The van der Waals surface area contributed by atoms with Crippen molar-refractivity contribution in [3.63, 3.8) is 0 Å². The standard InChI is InChI=1S/C36H32F2N4O/c1-21-14-15-39-34(18-21)41-32-11-6-5-8-28(32)29-13-12-26(20-33(29)41)43-27-17-22(2)16-25(19-27)42-24(4)35(23(3)40-42)36-30(37)9-7-10-31(36)38/h5-6,8-9,11-20,31,36H,7,10H2,1-4H3/t31-,36+/m0/s1. The van der Waals surface area contributed by atoms with Crippen molar-refractivity contribution in [2.75, 3.05) is 0 Å².